The Morgan fingerprint density at radius 2 is 2.16 bits per heavy atom. The van der Waals surface area contributed by atoms with Crippen molar-refractivity contribution < 1.29 is 14.8 Å². The summed E-state index contributed by atoms with van der Waals surface area (Å²) < 4.78 is 0. The quantitative estimate of drug-likeness (QED) is 0.634. The van der Waals surface area contributed by atoms with E-state index in [1.165, 1.54) is 6.07 Å². The molecule has 2 N–H and O–H groups in total. The molecule has 1 aliphatic carbocycles. The molecule has 1 aromatic carbocycles. The Morgan fingerprint density at radius 1 is 1.42 bits per heavy atom. The SMILES string of the molecule is O=C(NCc1ccccc1[N+](=O)[O-])C1CCCC1O. The molecule has 0 spiro atoms. The van der Waals surface area contributed by atoms with E-state index in [2.05, 4.69) is 5.32 Å². The van der Waals surface area contributed by atoms with Gasteiger partial charge in [-0.3, -0.25) is 14.9 Å². The number of carbonyl (C=O) groups excluding carboxylic acids is 1. The van der Waals surface area contributed by atoms with E-state index >= 15 is 0 Å². The summed E-state index contributed by atoms with van der Waals surface area (Å²) in [6.07, 6.45) is 1.56. The highest BCUT2D eigenvalue weighted by Crippen LogP contribution is 2.26. The molecule has 1 fully saturated rings. The molecule has 2 unspecified atom stereocenters. The molecule has 2 atom stereocenters. The number of nitro groups is 1. The zero-order valence-corrected chi connectivity index (χ0v) is 10.4. The summed E-state index contributed by atoms with van der Waals surface area (Å²) in [6, 6.07) is 6.30. The third-order valence-corrected chi connectivity index (χ3v) is 3.46. The number of hydrogen-bond acceptors (Lipinski definition) is 4. The largest absolute Gasteiger partial charge is 0.392 e. The number of hydrogen-bond donors (Lipinski definition) is 2. The lowest BCUT2D eigenvalue weighted by Crippen LogP contribution is -2.34. The molecular weight excluding hydrogens is 248 g/mol. The van der Waals surface area contributed by atoms with Crippen molar-refractivity contribution in [3.05, 3.63) is 39.9 Å². The van der Waals surface area contributed by atoms with Gasteiger partial charge in [0.05, 0.1) is 16.9 Å². The van der Waals surface area contributed by atoms with Crippen molar-refractivity contribution in [1.82, 2.24) is 5.32 Å². The van der Waals surface area contributed by atoms with Crippen LogP contribution in [0.2, 0.25) is 0 Å². The topological polar surface area (TPSA) is 92.5 Å². The van der Waals surface area contributed by atoms with Crippen LogP contribution in [-0.2, 0) is 11.3 Å². The van der Waals surface area contributed by atoms with Crippen LogP contribution < -0.4 is 5.32 Å². The van der Waals surface area contributed by atoms with E-state index in [9.17, 15) is 20.0 Å². The molecule has 102 valence electrons. The second-order valence-corrected chi connectivity index (χ2v) is 4.71. The first-order chi connectivity index (χ1) is 9.09. The van der Waals surface area contributed by atoms with E-state index in [-0.39, 0.29) is 24.1 Å². The number of nitrogens with zero attached hydrogens (tertiary/aromatic N) is 1. The number of nitro benzene ring substituents is 1. The number of benzene rings is 1. The first-order valence-electron chi connectivity index (χ1n) is 6.27. The lowest BCUT2D eigenvalue weighted by atomic mass is 10.1. The number of aliphatic hydroxyl groups is 1. The smallest absolute Gasteiger partial charge is 0.274 e. The molecule has 1 amide bonds. The van der Waals surface area contributed by atoms with E-state index in [1.807, 2.05) is 0 Å². The molecule has 19 heavy (non-hydrogen) atoms. The predicted molar refractivity (Wildman–Crippen MR) is 68.3 cm³/mol. The average Bonchev–Trinajstić information content (AvgIpc) is 2.82. The van der Waals surface area contributed by atoms with Gasteiger partial charge in [0.15, 0.2) is 0 Å². The summed E-state index contributed by atoms with van der Waals surface area (Å²) in [5.41, 5.74) is 0.461. The highest BCUT2D eigenvalue weighted by atomic mass is 16.6. The fraction of sp³-hybridized carbons (Fsp3) is 0.462. The third-order valence-electron chi connectivity index (χ3n) is 3.46. The molecule has 0 aliphatic heterocycles. The minimum atomic E-state index is -0.592. The first-order valence-corrected chi connectivity index (χ1v) is 6.27. The molecule has 0 radical (unpaired) electrons. The standard InChI is InChI=1S/C13H16N2O4/c16-12-7-3-5-10(12)13(17)14-8-9-4-1-2-6-11(9)15(18)19/h1-2,4,6,10,12,16H,3,5,7-8H2,(H,14,17). The summed E-state index contributed by atoms with van der Waals surface area (Å²) in [7, 11) is 0. The molecule has 0 aromatic heterocycles. The fourth-order valence-corrected chi connectivity index (χ4v) is 2.40. The van der Waals surface area contributed by atoms with E-state index in [1.54, 1.807) is 18.2 Å². The summed E-state index contributed by atoms with van der Waals surface area (Å²) in [6.45, 7) is 0.110. The van der Waals surface area contributed by atoms with Crippen LogP contribution in [0.4, 0.5) is 5.69 Å². The maximum atomic E-state index is 11.9. The normalized spacial score (nSPS) is 22.2. The van der Waals surface area contributed by atoms with Crippen molar-refractivity contribution >= 4 is 11.6 Å². The molecule has 1 aromatic rings. The van der Waals surface area contributed by atoms with Crippen LogP contribution in [0.5, 0.6) is 0 Å². The van der Waals surface area contributed by atoms with Crippen LogP contribution in [0, 0.1) is 16.0 Å². The van der Waals surface area contributed by atoms with Crippen LogP contribution in [0.3, 0.4) is 0 Å². The lowest BCUT2D eigenvalue weighted by Gasteiger charge is -2.14. The van der Waals surface area contributed by atoms with Crippen LogP contribution >= 0.6 is 0 Å². The molecule has 0 saturated heterocycles. The molecule has 1 aliphatic rings. The first kappa shape index (κ1) is 13.5. The average molecular weight is 264 g/mol. The zero-order valence-electron chi connectivity index (χ0n) is 10.4. The molecule has 0 bridgehead atoms. The van der Waals surface area contributed by atoms with Crippen molar-refractivity contribution in [1.29, 1.82) is 0 Å². The Kier molecular flexibility index (Phi) is 4.11. The molecule has 1 saturated carbocycles. The van der Waals surface area contributed by atoms with Crippen LogP contribution in [0.25, 0.3) is 0 Å². The van der Waals surface area contributed by atoms with Crippen molar-refractivity contribution in [3.63, 3.8) is 0 Å². The zero-order chi connectivity index (χ0) is 13.8. The fourth-order valence-electron chi connectivity index (χ4n) is 2.40. The Hall–Kier alpha value is -1.95. The van der Waals surface area contributed by atoms with Crippen molar-refractivity contribution in [2.75, 3.05) is 0 Å². The molecule has 0 heterocycles. The molecule has 6 nitrogen and oxygen atoms in total. The van der Waals surface area contributed by atoms with Gasteiger partial charge in [-0.05, 0) is 19.3 Å². The van der Waals surface area contributed by atoms with Gasteiger partial charge in [0.25, 0.3) is 5.69 Å². The second-order valence-electron chi connectivity index (χ2n) is 4.71. The minimum Gasteiger partial charge on any atom is -0.392 e. The van der Waals surface area contributed by atoms with Crippen molar-refractivity contribution in [3.8, 4) is 0 Å². The highest BCUT2D eigenvalue weighted by Gasteiger charge is 2.31. The molecule has 2 rings (SSSR count). The number of nitrogens with one attached hydrogen (secondary N) is 1. The van der Waals surface area contributed by atoms with Gasteiger partial charge in [-0.25, -0.2) is 0 Å². The van der Waals surface area contributed by atoms with Gasteiger partial charge < -0.3 is 10.4 Å². The third kappa shape index (κ3) is 3.08. The van der Waals surface area contributed by atoms with Gasteiger partial charge in [-0.15, -0.1) is 0 Å². The number of amides is 1. The Labute approximate surface area is 110 Å². The molecule has 6 heteroatoms. The number of aliphatic hydroxyl groups excluding tert-OH is 1. The maximum Gasteiger partial charge on any atom is 0.274 e. The number of carbonyl (C=O) groups is 1. The molecular formula is C13H16N2O4. The van der Waals surface area contributed by atoms with Gasteiger partial charge in [-0.1, -0.05) is 18.2 Å². The van der Waals surface area contributed by atoms with Gasteiger partial charge in [0.1, 0.15) is 0 Å². The summed E-state index contributed by atoms with van der Waals surface area (Å²) in [5.74, 6) is -0.620. The Bertz CT molecular complexity index is 489. The van der Waals surface area contributed by atoms with Crippen LogP contribution in [0.15, 0.2) is 24.3 Å². The monoisotopic (exact) mass is 264 g/mol. The lowest BCUT2D eigenvalue weighted by molar-refractivity contribution is -0.385. The second kappa shape index (κ2) is 5.79. The van der Waals surface area contributed by atoms with E-state index in [4.69, 9.17) is 0 Å². The van der Waals surface area contributed by atoms with Gasteiger partial charge in [0.2, 0.25) is 5.91 Å². The Balaban J connectivity index is 1.99. The van der Waals surface area contributed by atoms with Gasteiger partial charge >= 0.3 is 0 Å². The van der Waals surface area contributed by atoms with E-state index in [0.717, 1.165) is 6.42 Å². The van der Waals surface area contributed by atoms with Gasteiger partial charge in [-0.2, -0.15) is 0 Å². The van der Waals surface area contributed by atoms with E-state index in [0.29, 0.717) is 18.4 Å². The summed E-state index contributed by atoms with van der Waals surface area (Å²) >= 11 is 0. The summed E-state index contributed by atoms with van der Waals surface area (Å²) in [5, 5.41) is 23.1. The van der Waals surface area contributed by atoms with Crippen LogP contribution in [0.1, 0.15) is 24.8 Å². The summed E-state index contributed by atoms with van der Waals surface area (Å²) in [4.78, 5) is 22.2. The van der Waals surface area contributed by atoms with Crippen molar-refractivity contribution in [2.24, 2.45) is 5.92 Å². The van der Waals surface area contributed by atoms with Crippen LogP contribution in [-0.4, -0.2) is 22.0 Å². The number of para-hydroxylation sites is 1. The maximum absolute atomic E-state index is 11.9. The number of rotatable bonds is 4. The van der Waals surface area contributed by atoms with E-state index < -0.39 is 11.0 Å². The Morgan fingerprint density at radius 3 is 2.79 bits per heavy atom. The predicted octanol–water partition coefficient (Wildman–Crippen LogP) is 1.37. The minimum absolute atomic E-state index is 0.00484. The van der Waals surface area contributed by atoms with Crippen molar-refractivity contribution in [2.45, 2.75) is 31.9 Å². The highest BCUT2D eigenvalue weighted by molar-refractivity contribution is 5.79. The van der Waals surface area contributed by atoms with Gasteiger partial charge in [0, 0.05) is 18.2 Å².